The largest absolute Gasteiger partial charge is 0.493 e. The Bertz CT molecular complexity index is 1370. The van der Waals surface area contributed by atoms with E-state index in [4.69, 9.17) is 14.2 Å². The van der Waals surface area contributed by atoms with Crippen molar-refractivity contribution < 1.29 is 33.5 Å². The number of nitrogens with zero attached hydrogens (tertiary/aromatic N) is 3. The molecule has 0 fully saturated rings. The van der Waals surface area contributed by atoms with Crippen LogP contribution in [0.4, 0.5) is 16.2 Å². The lowest BCUT2D eigenvalue weighted by atomic mass is 9.95. The number of nitro groups is 1. The van der Waals surface area contributed by atoms with Gasteiger partial charge in [-0.2, -0.15) is 5.10 Å². The number of hydrogen-bond donors (Lipinski definition) is 3. The highest BCUT2D eigenvalue weighted by atomic mass is 16.6. The molecule has 1 heterocycles. The van der Waals surface area contributed by atoms with Crippen LogP contribution in [0.2, 0.25) is 0 Å². The minimum absolute atomic E-state index is 0.110. The van der Waals surface area contributed by atoms with E-state index in [0.29, 0.717) is 22.5 Å². The summed E-state index contributed by atoms with van der Waals surface area (Å²) in [5, 5.41) is 20.3. The smallest absolute Gasteiger partial charge is 0.338 e. The van der Waals surface area contributed by atoms with E-state index in [-0.39, 0.29) is 29.4 Å². The summed E-state index contributed by atoms with van der Waals surface area (Å²) in [6.45, 7) is 3.04. The standard InChI is InChI=1S/C26H30N6O8/c1-6-39-25(34)23-15(2)28-26(35)29-24(23)16-7-10-20(21(12-16)38-5)40-14-22(33)30-27-13-17-11-18(32(36)37)8-9-19(17)31(3)4/h7-13,24H,6,14H2,1-5H3,(H,30,33)(H2,28,29,35)/b27-13-/t24-/m0/s1. The van der Waals surface area contributed by atoms with Crippen LogP contribution in [-0.2, 0) is 14.3 Å². The molecule has 2 aromatic rings. The number of methoxy groups -OCH3 is 1. The van der Waals surface area contributed by atoms with Gasteiger partial charge in [-0.1, -0.05) is 6.07 Å². The van der Waals surface area contributed by atoms with Crippen LogP contribution in [0.5, 0.6) is 11.5 Å². The minimum Gasteiger partial charge on any atom is -0.493 e. The van der Waals surface area contributed by atoms with Gasteiger partial charge in [0.25, 0.3) is 11.6 Å². The van der Waals surface area contributed by atoms with Crippen molar-refractivity contribution in [3.05, 3.63) is 68.9 Å². The number of rotatable bonds is 11. The van der Waals surface area contributed by atoms with Crippen molar-refractivity contribution in [1.82, 2.24) is 16.1 Å². The number of anilines is 1. The van der Waals surface area contributed by atoms with E-state index in [2.05, 4.69) is 21.2 Å². The molecule has 0 saturated carbocycles. The Kier molecular flexibility index (Phi) is 9.62. The van der Waals surface area contributed by atoms with E-state index in [0.717, 1.165) is 0 Å². The van der Waals surface area contributed by atoms with Crippen LogP contribution < -0.4 is 30.4 Å². The molecule has 0 unspecified atom stereocenters. The van der Waals surface area contributed by atoms with Crippen molar-refractivity contribution in [1.29, 1.82) is 0 Å². The Morgan fingerprint density at radius 1 is 1.20 bits per heavy atom. The zero-order chi connectivity index (χ0) is 29.4. The Morgan fingerprint density at radius 3 is 2.60 bits per heavy atom. The first-order chi connectivity index (χ1) is 19.0. The number of nitrogens with one attached hydrogen (secondary N) is 3. The van der Waals surface area contributed by atoms with Crippen LogP contribution in [-0.4, -0.2) is 63.5 Å². The fraction of sp³-hybridized carbons (Fsp3) is 0.308. The number of benzene rings is 2. The fourth-order valence-electron chi connectivity index (χ4n) is 3.92. The van der Waals surface area contributed by atoms with Gasteiger partial charge in [-0.3, -0.25) is 14.9 Å². The molecule has 3 rings (SSSR count). The normalized spacial score (nSPS) is 14.7. The monoisotopic (exact) mass is 554 g/mol. The number of carbonyl (C=O) groups excluding carboxylic acids is 3. The maximum absolute atomic E-state index is 12.6. The summed E-state index contributed by atoms with van der Waals surface area (Å²) in [6, 6.07) is 7.80. The zero-order valence-corrected chi connectivity index (χ0v) is 22.6. The zero-order valence-electron chi connectivity index (χ0n) is 22.6. The van der Waals surface area contributed by atoms with Crippen LogP contribution in [0.15, 0.2) is 52.8 Å². The lowest BCUT2D eigenvalue weighted by Gasteiger charge is -2.28. The number of esters is 1. The first kappa shape index (κ1) is 29.4. The summed E-state index contributed by atoms with van der Waals surface area (Å²) in [6.07, 6.45) is 1.31. The van der Waals surface area contributed by atoms with Gasteiger partial charge in [0.05, 0.1) is 36.5 Å². The van der Waals surface area contributed by atoms with Crippen LogP contribution in [0, 0.1) is 10.1 Å². The van der Waals surface area contributed by atoms with E-state index >= 15 is 0 Å². The first-order valence-electron chi connectivity index (χ1n) is 12.1. The molecule has 14 nitrogen and oxygen atoms in total. The maximum atomic E-state index is 12.6. The number of amides is 3. The summed E-state index contributed by atoms with van der Waals surface area (Å²) in [5.74, 6) is -0.669. The Balaban J connectivity index is 1.71. The van der Waals surface area contributed by atoms with Gasteiger partial charge in [0, 0.05) is 43.2 Å². The molecule has 212 valence electrons. The number of non-ortho nitro benzene ring substituents is 1. The number of urea groups is 1. The van der Waals surface area contributed by atoms with Gasteiger partial charge in [0.2, 0.25) is 0 Å². The van der Waals surface area contributed by atoms with E-state index in [1.165, 1.54) is 25.5 Å². The summed E-state index contributed by atoms with van der Waals surface area (Å²) < 4.78 is 16.1. The molecule has 3 N–H and O–H groups in total. The number of hydrazone groups is 1. The van der Waals surface area contributed by atoms with Crippen molar-refractivity contribution >= 4 is 35.5 Å². The Hall–Kier alpha value is -5.14. The Morgan fingerprint density at radius 2 is 1.95 bits per heavy atom. The first-order valence-corrected chi connectivity index (χ1v) is 12.1. The SMILES string of the molecule is CCOC(=O)C1=C(C)NC(=O)N[C@H]1c1ccc(OCC(=O)N/N=C\c2cc([N+](=O)[O-])ccc2N(C)C)c(OC)c1. The molecule has 3 amide bonds. The highest BCUT2D eigenvalue weighted by Crippen LogP contribution is 2.34. The molecule has 0 aromatic heterocycles. The van der Waals surface area contributed by atoms with Crippen molar-refractivity contribution in [3.63, 3.8) is 0 Å². The minimum atomic E-state index is -0.797. The average molecular weight is 555 g/mol. The molecular formula is C26H30N6O8. The van der Waals surface area contributed by atoms with Gasteiger partial charge in [-0.05, 0) is 37.6 Å². The van der Waals surface area contributed by atoms with E-state index in [9.17, 15) is 24.5 Å². The number of carbonyl (C=O) groups is 3. The predicted octanol–water partition coefficient (Wildman–Crippen LogP) is 2.39. The molecule has 2 aromatic carbocycles. The third-order valence-electron chi connectivity index (χ3n) is 5.74. The van der Waals surface area contributed by atoms with Gasteiger partial charge in [0.15, 0.2) is 18.1 Å². The van der Waals surface area contributed by atoms with E-state index in [1.54, 1.807) is 57.1 Å². The second-order valence-corrected chi connectivity index (χ2v) is 8.68. The molecule has 1 atom stereocenters. The van der Waals surface area contributed by atoms with E-state index < -0.39 is 35.5 Å². The lowest BCUT2D eigenvalue weighted by molar-refractivity contribution is -0.384. The maximum Gasteiger partial charge on any atom is 0.338 e. The topological polar surface area (TPSA) is 174 Å². The number of nitro benzene ring substituents is 1. The molecule has 0 bridgehead atoms. The fourth-order valence-corrected chi connectivity index (χ4v) is 3.92. The van der Waals surface area contributed by atoms with E-state index in [1.807, 2.05) is 0 Å². The molecular weight excluding hydrogens is 524 g/mol. The van der Waals surface area contributed by atoms with Gasteiger partial charge < -0.3 is 29.7 Å². The summed E-state index contributed by atoms with van der Waals surface area (Å²) in [7, 11) is 4.96. The van der Waals surface area contributed by atoms with Crippen molar-refractivity contribution in [3.8, 4) is 11.5 Å². The summed E-state index contributed by atoms with van der Waals surface area (Å²) in [4.78, 5) is 49.4. The van der Waals surface area contributed by atoms with Crippen LogP contribution >= 0.6 is 0 Å². The average Bonchev–Trinajstić information content (AvgIpc) is 2.91. The van der Waals surface area contributed by atoms with Gasteiger partial charge in [-0.25, -0.2) is 15.0 Å². The van der Waals surface area contributed by atoms with Crippen LogP contribution in [0.1, 0.15) is 31.0 Å². The Labute approximate surface area is 230 Å². The lowest BCUT2D eigenvalue weighted by Crippen LogP contribution is -2.45. The van der Waals surface area contributed by atoms with Crippen molar-refractivity contribution in [2.45, 2.75) is 19.9 Å². The molecule has 0 spiro atoms. The third-order valence-corrected chi connectivity index (χ3v) is 5.74. The van der Waals surface area contributed by atoms with Gasteiger partial charge in [0.1, 0.15) is 0 Å². The third kappa shape index (κ3) is 7.03. The molecule has 40 heavy (non-hydrogen) atoms. The van der Waals surface area contributed by atoms with Gasteiger partial charge in [-0.15, -0.1) is 0 Å². The number of hydrogen-bond acceptors (Lipinski definition) is 10. The summed E-state index contributed by atoms with van der Waals surface area (Å²) >= 11 is 0. The van der Waals surface area contributed by atoms with Crippen LogP contribution in [0.25, 0.3) is 0 Å². The number of ether oxygens (including phenoxy) is 3. The number of allylic oxidation sites excluding steroid dienone is 1. The highest BCUT2D eigenvalue weighted by molar-refractivity contribution is 5.95. The second-order valence-electron chi connectivity index (χ2n) is 8.68. The van der Waals surface area contributed by atoms with Crippen LogP contribution in [0.3, 0.4) is 0 Å². The second kappa shape index (κ2) is 13.1. The van der Waals surface area contributed by atoms with Gasteiger partial charge >= 0.3 is 12.0 Å². The summed E-state index contributed by atoms with van der Waals surface area (Å²) in [5.41, 5.74) is 4.47. The highest BCUT2D eigenvalue weighted by Gasteiger charge is 2.32. The molecule has 0 aliphatic carbocycles. The predicted molar refractivity (Wildman–Crippen MR) is 145 cm³/mol. The van der Waals surface area contributed by atoms with Crippen molar-refractivity contribution in [2.24, 2.45) is 5.10 Å². The molecule has 14 heteroatoms. The van der Waals surface area contributed by atoms with Crippen molar-refractivity contribution in [2.75, 3.05) is 39.3 Å². The molecule has 1 aliphatic heterocycles. The quantitative estimate of drug-likeness (QED) is 0.163. The molecule has 0 radical (unpaired) electrons. The molecule has 0 saturated heterocycles. The molecule has 1 aliphatic rings.